The number of amides is 2. The third-order valence-electron chi connectivity index (χ3n) is 3.59. The number of aromatic nitrogens is 2. The molecule has 110 valence electrons. The van der Waals surface area contributed by atoms with Crippen LogP contribution in [0.4, 0.5) is 0 Å². The normalized spacial score (nSPS) is 20.2. The molecule has 1 saturated heterocycles. The lowest BCUT2D eigenvalue weighted by atomic mass is 9.85. The van der Waals surface area contributed by atoms with E-state index >= 15 is 0 Å². The maximum atomic E-state index is 12.4. The zero-order valence-electron chi connectivity index (χ0n) is 12.5. The van der Waals surface area contributed by atoms with E-state index in [0.717, 1.165) is 5.82 Å². The summed E-state index contributed by atoms with van der Waals surface area (Å²) in [6.07, 6.45) is 4.26. The van der Waals surface area contributed by atoms with Crippen molar-refractivity contribution in [3.8, 4) is 0 Å². The third kappa shape index (κ3) is 3.00. The van der Waals surface area contributed by atoms with Gasteiger partial charge in [-0.3, -0.25) is 9.59 Å². The fourth-order valence-corrected chi connectivity index (χ4v) is 2.35. The first kappa shape index (κ1) is 14.6. The van der Waals surface area contributed by atoms with Crippen LogP contribution in [0.2, 0.25) is 0 Å². The highest BCUT2D eigenvalue weighted by Gasteiger charge is 2.39. The molecule has 0 aliphatic carbocycles. The average molecular weight is 278 g/mol. The molecule has 1 atom stereocenters. The Morgan fingerprint density at radius 1 is 1.40 bits per heavy atom. The molecule has 2 amide bonds. The van der Waals surface area contributed by atoms with Crippen molar-refractivity contribution < 1.29 is 9.59 Å². The van der Waals surface area contributed by atoms with Gasteiger partial charge < -0.3 is 14.8 Å². The van der Waals surface area contributed by atoms with Crippen LogP contribution in [0.25, 0.3) is 0 Å². The van der Waals surface area contributed by atoms with E-state index in [0.29, 0.717) is 13.0 Å². The second-order valence-corrected chi connectivity index (χ2v) is 6.33. The van der Waals surface area contributed by atoms with Gasteiger partial charge in [-0.1, -0.05) is 20.8 Å². The minimum atomic E-state index is -0.454. The Morgan fingerprint density at radius 3 is 2.65 bits per heavy atom. The molecule has 1 fully saturated rings. The van der Waals surface area contributed by atoms with E-state index in [-0.39, 0.29) is 23.8 Å². The minimum Gasteiger partial charge on any atom is -0.342 e. The highest BCUT2D eigenvalue weighted by Crippen LogP contribution is 2.23. The van der Waals surface area contributed by atoms with Gasteiger partial charge in [0.05, 0.1) is 6.54 Å². The van der Waals surface area contributed by atoms with Crippen LogP contribution in [0.15, 0.2) is 12.4 Å². The van der Waals surface area contributed by atoms with Crippen LogP contribution < -0.4 is 5.32 Å². The highest BCUT2D eigenvalue weighted by atomic mass is 16.2. The van der Waals surface area contributed by atoms with Crippen LogP contribution in [0.5, 0.6) is 0 Å². The predicted octanol–water partition coefficient (Wildman–Crippen LogP) is 0.336. The van der Waals surface area contributed by atoms with Gasteiger partial charge in [-0.05, 0) is 5.41 Å². The molecule has 20 heavy (non-hydrogen) atoms. The van der Waals surface area contributed by atoms with Crippen molar-refractivity contribution in [3.63, 3.8) is 0 Å². The number of hydrogen-bond donors (Lipinski definition) is 1. The summed E-state index contributed by atoms with van der Waals surface area (Å²) in [5, 5.41) is 2.79. The van der Waals surface area contributed by atoms with Crippen LogP contribution >= 0.6 is 0 Å². The first-order valence-electron chi connectivity index (χ1n) is 6.83. The molecule has 6 heteroatoms. The summed E-state index contributed by atoms with van der Waals surface area (Å²) < 4.78 is 1.93. The summed E-state index contributed by atoms with van der Waals surface area (Å²) in [5.74, 6) is 0.812. The van der Waals surface area contributed by atoms with E-state index in [4.69, 9.17) is 0 Å². The van der Waals surface area contributed by atoms with E-state index in [2.05, 4.69) is 10.3 Å². The first-order chi connectivity index (χ1) is 9.29. The number of rotatable bonds is 3. The zero-order chi connectivity index (χ0) is 14.9. The quantitative estimate of drug-likeness (QED) is 0.866. The number of piperazine rings is 1. The molecule has 1 aliphatic heterocycles. The Hall–Kier alpha value is -1.85. The topological polar surface area (TPSA) is 67.2 Å². The summed E-state index contributed by atoms with van der Waals surface area (Å²) in [6.45, 7) is 6.52. The number of nitrogens with zero attached hydrogens (tertiary/aromatic N) is 3. The Bertz CT molecular complexity index is 515. The monoisotopic (exact) mass is 278 g/mol. The van der Waals surface area contributed by atoms with Crippen LogP contribution in [0, 0.1) is 5.41 Å². The Labute approximate surface area is 119 Å². The maximum Gasteiger partial charge on any atom is 0.246 e. The zero-order valence-corrected chi connectivity index (χ0v) is 12.5. The molecule has 1 aromatic rings. The summed E-state index contributed by atoms with van der Waals surface area (Å²) in [4.78, 5) is 30.1. The smallest absolute Gasteiger partial charge is 0.246 e. The van der Waals surface area contributed by atoms with E-state index in [1.807, 2.05) is 38.6 Å². The Kier molecular flexibility index (Phi) is 3.83. The number of aryl methyl sites for hydroxylation is 1. The van der Waals surface area contributed by atoms with Crippen LogP contribution in [0.1, 0.15) is 26.6 Å². The van der Waals surface area contributed by atoms with Gasteiger partial charge in [0.1, 0.15) is 11.9 Å². The molecule has 2 heterocycles. The number of carbonyl (C=O) groups is 2. The minimum absolute atomic E-state index is 0.00805. The fourth-order valence-electron chi connectivity index (χ4n) is 2.35. The number of hydrogen-bond acceptors (Lipinski definition) is 3. The lowest BCUT2D eigenvalue weighted by Crippen LogP contribution is -2.62. The Balaban J connectivity index is 2.05. The summed E-state index contributed by atoms with van der Waals surface area (Å²) in [7, 11) is 1.92. The van der Waals surface area contributed by atoms with E-state index in [1.165, 1.54) is 0 Å². The molecule has 1 N–H and O–H groups in total. The molecular weight excluding hydrogens is 256 g/mol. The number of nitrogens with one attached hydrogen (secondary N) is 1. The second-order valence-electron chi connectivity index (χ2n) is 6.33. The summed E-state index contributed by atoms with van der Waals surface area (Å²) >= 11 is 0. The SMILES string of the molecule is Cn1ccnc1CCN1CC(=O)NC(C(C)(C)C)C1=O. The van der Waals surface area contributed by atoms with Crippen molar-refractivity contribution in [2.75, 3.05) is 13.1 Å². The van der Waals surface area contributed by atoms with E-state index in [9.17, 15) is 9.59 Å². The summed E-state index contributed by atoms with van der Waals surface area (Å²) in [5.41, 5.74) is -0.283. The second kappa shape index (κ2) is 5.26. The molecule has 2 rings (SSSR count). The largest absolute Gasteiger partial charge is 0.342 e. The standard InChI is InChI=1S/C14H22N4O2/c1-14(2,3)12-13(20)18(9-11(19)16-12)7-5-10-15-6-8-17(10)4/h6,8,12H,5,7,9H2,1-4H3,(H,16,19). The van der Waals surface area contributed by atoms with Crippen molar-refractivity contribution >= 4 is 11.8 Å². The highest BCUT2D eigenvalue weighted by molar-refractivity contribution is 5.95. The molecule has 1 aliphatic rings. The average Bonchev–Trinajstić information content (AvgIpc) is 2.74. The van der Waals surface area contributed by atoms with Crippen LogP contribution in [0.3, 0.4) is 0 Å². The maximum absolute atomic E-state index is 12.4. The van der Waals surface area contributed by atoms with Crippen molar-refractivity contribution in [2.45, 2.75) is 33.2 Å². The fraction of sp³-hybridized carbons (Fsp3) is 0.643. The Morgan fingerprint density at radius 2 is 2.10 bits per heavy atom. The van der Waals surface area contributed by atoms with Gasteiger partial charge in [0.2, 0.25) is 11.8 Å². The molecule has 0 spiro atoms. The van der Waals surface area contributed by atoms with Crippen LogP contribution in [-0.4, -0.2) is 45.4 Å². The van der Waals surface area contributed by atoms with Gasteiger partial charge >= 0.3 is 0 Å². The molecule has 1 aromatic heterocycles. The number of imidazole rings is 1. The van der Waals surface area contributed by atoms with Crippen molar-refractivity contribution in [3.05, 3.63) is 18.2 Å². The molecule has 0 bridgehead atoms. The van der Waals surface area contributed by atoms with E-state index < -0.39 is 6.04 Å². The van der Waals surface area contributed by atoms with Gasteiger partial charge in [-0.15, -0.1) is 0 Å². The molecule has 0 radical (unpaired) electrons. The van der Waals surface area contributed by atoms with Gasteiger partial charge in [-0.25, -0.2) is 4.98 Å². The molecule has 0 saturated carbocycles. The van der Waals surface area contributed by atoms with Gasteiger partial charge in [0.25, 0.3) is 0 Å². The summed E-state index contributed by atoms with van der Waals surface area (Å²) in [6, 6.07) is -0.454. The third-order valence-corrected chi connectivity index (χ3v) is 3.59. The number of carbonyl (C=O) groups excluding carboxylic acids is 2. The predicted molar refractivity (Wildman–Crippen MR) is 74.9 cm³/mol. The van der Waals surface area contributed by atoms with Gasteiger partial charge in [0.15, 0.2) is 0 Å². The van der Waals surface area contributed by atoms with Crippen molar-refractivity contribution in [2.24, 2.45) is 12.5 Å². The van der Waals surface area contributed by atoms with Crippen molar-refractivity contribution in [1.82, 2.24) is 19.8 Å². The molecular formula is C14H22N4O2. The van der Waals surface area contributed by atoms with Gasteiger partial charge in [-0.2, -0.15) is 0 Å². The molecule has 1 unspecified atom stereocenters. The first-order valence-corrected chi connectivity index (χ1v) is 6.83. The van der Waals surface area contributed by atoms with Gasteiger partial charge in [0, 0.05) is 32.4 Å². The lowest BCUT2D eigenvalue weighted by molar-refractivity contribution is -0.147. The van der Waals surface area contributed by atoms with Crippen molar-refractivity contribution in [1.29, 1.82) is 0 Å². The lowest BCUT2D eigenvalue weighted by Gasteiger charge is -2.38. The van der Waals surface area contributed by atoms with E-state index in [1.54, 1.807) is 11.1 Å². The molecule has 0 aromatic carbocycles. The molecule has 6 nitrogen and oxygen atoms in total. The van der Waals surface area contributed by atoms with Crippen LogP contribution in [-0.2, 0) is 23.1 Å².